The Bertz CT molecular complexity index is 326. The number of ether oxygens (including phenoxy) is 1. The normalized spacial score (nSPS) is 18.4. The maximum Gasteiger partial charge on any atom is 0.159 e. The topological polar surface area (TPSA) is 22.1 Å². The Morgan fingerprint density at radius 1 is 1.43 bits per heavy atom. The van der Waals surface area contributed by atoms with Crippen LogP contribution in [0.1, 0.15) is 24.5 Å². The molecule has 1 saturated heterocycles. The van der Waals surface area contributed by atoms with Gasteiger partial charge < -0.3 is 4.74 Å². The minimum atomic E-state index is -0.223. The lowest BCUT2D eigenvalue weighted by molar-refractivity contribution is 0.0836. The molecule has 1 aliphatic heterocycles. The van der Waals surface area contributed by atoms with Gasteiger partial charge in [-0.15, -0.1) is 0 Å². The predicted octanol–water partition coefficient (Wildman–Crippen LogP) is 2.88. The minimum absolute atomic E-state index is 0.209. The van der Waals surface area contributed by atoms with Gasteiger partial charge in [-0.1, -0.05) is 0 Å². The van der Waals surface area contributed by atoms with Crippen LogP contribution in [0.2, 0.25) is 0 Å². The van der Waals surface area contributed by atoms with Gasteiger partial charge in [-0.2, -0.15) is 0 Å². The van der Waals surface area contributed by atoms with Crippen LogP contribution >= 0.6 is 15.9 Å². The summed E-state index contributed by atoms with van der Waals surface area (Å²) in [6.07, 6.45) is 3.36. The van der Waals surface area contributed by atoms with E-state index in [9.17, 15) is 4.39 Å². The molecule has 14 heavy (non-hydrogen) atoms. The van der Waals surface area contributed by atoms with Gasteiger partial charge in [0.05, 0.1) is 10.2 Å². The molecule has 0 atom stereocenters. The number of hydrogen-bond acceptors (Lipinski definition) is 2. The summed E-state index contributed by atoms with van der Waals surface area (Å²) in [5.74, 6) is -0.0133. The molecule has 2 heterocycles. The van der Waals surface area contributed by atoms with Gasteiger partial charge in [-0.25, -0.2) is 4.39 Å². The molecule has 0 radical (unpaired) electrons. The number of aromatic nitrogens is 1. The fourth-order valence-corrected chi connectivity index (χ4v) is 2.01. The Balaban J connectivity index is 2.26. The molecule has 1 aliphatic rings. The van der Waals surface area contributed by atoms with E-state index in [1.807, 2.05) is 0 Å². The number of halogens is 2. The van der Waals surface area contributed by atoms with Crippen molar-refractivity contribution in [3.63, 3.8) is 0 Å². The van der Waals surface area contributed by atoms with Crippen LogP contribution in [0.5, 0.6) is 0 Å². The summed E-state index contributed by atoms with van der Waals surface area (Å²) in [7, 11) is 0. The average molecular weight is 260 g/mol. The standard InChI is InChI=1S/C10H11BrFNO/c11-8-1-4-13-10(9(8)12)7-2-5-14-6-3-7/h1,4,7H,2-3,5-6H2. The van der Waals surface area contributed by atoms with E-state index < -0.39 is 0 Å². The molecule has 4 heteroatoms. The van der Waals surface area contributed by atoms with E-state index in [1.54, 1.807) is 12.3 Å². The summed E-state index contributed by atoms with van der Waals surface area (Å²) < 4.78 is 19.4. The molecule has 0 amide bonds. The van der Waals surface area contributed by atoms with E-state index in [-0.39, 0.29) is 11.7 Å². The third kappa shape index (κ3) is 1.96. The van der Waals surface area contributed by atoms with E-state index in [4.69, 9.17) is 4.74 Å². The molecular formula is C10H11BrFNO. The minimum Gasteiger partial charge on any atom is -0.381 e. The molecule has 0 N–H and O–H groups in total. The molecule has 2 nitrogen and oxygen atoms in total. The highest BCUT2D eigenvalue weighted by molar-refractivity contribution is 9.10. The molecule has 1 aromatic heterocycles. The van der Waals surface area contributed by atoms with Gasteiger partial charge in [-0.3, -0.25) is 4.98 Å². The largest absolute Gasteiger partial charge is 0.381 e. The molecule has 76 valence electrons. The predicted molar refractivity (Wildman–Crippen MR) is 54.7 cm³/mol. The smallest absolute Gasteiger partial charge is 0.159 e. The fourth-order valence-electron chi connectivity index (χ4n) is 1.69. The zero-order chi connectivity index (χ0) is 9.97. The Hall–Kier alpha value is -0.480. The molecule has 1 aromatic rings. The molecule has 1 fully saturated rings. The van der Waals surface area contributed by atoms with E-state index in [0.717, 1.165) is 12.8 Å². The highest BCUT2D eigenvalue weighted by Crippen LogP contribution is 2.29. The van der Waals surface area contributed by atoms with Crippen LogP contribution in [0.4, 0.5) is 4.39 Å². The van der Waals surface area contributed by atoms with E-state index in [2.05, 4.69) is 20.9 Å². The number of nitrogens with zero attached hydrogens (tertiary/aromatic N) is 1. The summed E-state index contributed by atoms with van der Waals surface area (Å²) in [5, 5.41) is 0. The van der Waals surface area contributed by atoms with Crippen molar-refractivity contribution in [1.29, 1.82) is 0 Å². The Morgan fingerprint density at radius 2 is 2.14 bits per heavy atom. The van der Waals surface area contributed by atoms with Crippen LogP contribution in [-0.4, -0.2) is 18.2 Å². The van der Waals surface area contributed by atoms with Gasteiger partial charge in [0.2, 0.25) is 0 Å². The van der Waals surface area contributed by atoms with Gasteiger partial charge in [0.15, 0.2) is 5.82 Å². The maximum atomic E-state index is 13.6. The SMILES string of the molecule is Fc1c(Br)ccnc1C1CCOCC1. The van der Waals surface area contributed by atoms with Crippen molar-refractivity contribution < 1.29 is 9.13 Å². The molecular weight excluding hydrogens is 249 g/mol. The van der Waals surface area contributed by atoms with E-state index >= 15 is 0 Å². The van der Waals surface area contributed by atoms with Crippen molar-refractivity contribution >= 4 is 15.9 Å². The molecule has 0 aliphatic carbocycles. The second kappa shape index (κ2) is 4.36. The number of pyridine rings is 1. The quantitative estimate of drug-likeness (QED) is 0.774. The van der Waals surface area contributed by atoms with Gasteiger partial charge in [-0.05, 0) is 34.8 Å². The van der Waals surface area contributed by atoms with Crippen LogP contribution in [0, 0.1) is 5.82 Å². The second-order valence-electron chi connectivity index (χ2n) is 3.38. The molecule has 0 saturated carbocycles. The van der Waals surface area contributed by atoms with E-state index in [0.29, 0.717) is 23.4 Å². The molecule has 0 bridgehead atoms. The lowest BCUT2D eigenvalue weighted by atomic mass is 9.96. The van der Waals surface area contributed by atoms with Crippen molar-refractivity contribution in [2.75, 3.05) is 13.2 Å². The van der Waals surface area contributed by atoms with Crippen molar-refractivity contribution in [3.05, 3.63) is 28.2 Å². The summed E-state index contributed by atoms with van der Waals surface area (Å²) in [6.45, 7) is 1.41. The first-order chi connectivity index (χ1) is 6.79. The van der Waals surface area contributed by atoms with E-state index in [1.165, 1.54) is 0 Å². The molecule has 0 spiro atoms. The lowest BCUT2D eigenvalue weighted by Gasteiger charge is -2.21. The van der Waals surface area contributed by atoms with Gasteiger partial charge in [0.25, 0.3) is 0 Å². The van der Waals surface area contributed by atoms with Crippen molar-refractivity contribution in [2.45, 2.75) is 18.8 Å². The lowest BCUT2D eigenvalue weighted by Crippen LogP contribution is -2.16. The molecule has 2 rings (SSSR count). The number of hydrogen-bond donors (Lipinski definition) is 0. The third-order valence-corrected chi connectivity index (χ3v) is 3.09. The van der Waals surface area contributed by atoms with Crippen molar-refractivity contribution in [1.82, 2.24) is 4.98 Å². The fraction of sp³-hybridized carbons (Fsp3) is 0.500. The average Bonchev–Trinajstić information content (AvgIpc) is 2.23. The first kappa shape index (κ1) is 10.1. The van der Waals surface area contributed by atoms with Crippen LogP contribution in [-0.2, 0) is 4.74 Å². The summed E-state index contributed by atoms with van der Waals surface area (Å²) in [4.78, 5) is 4.10. The first-order valence-electron chi connectivity index (χ1n) is 4.66. The molecule has 0 aromatic carbocycles. The van der Waals surface area contributed by atoms with Gasteiger partial charge in [0.1, 0.15) is 0 Å². The number of rotatable bonds is 1. The van der Waals surface area contributed by atoms with Crippen LogP contribution in [0.25, 0.3) is 0 Å². The summed E-state index contributed by atoms with van der Waals surface area (Å²) >= 11 is 3.17. The highest BCUT2D eigenvalue weighted by Gasteiger charge is 2.21. The summed E-state index contributed by atoms with van der Waals surface area (Å²) in [6, 6.07) is 1.62. The Labute approximate surface area is 90.6 Å². The third-order valence-electron chi connectivity index (χ3n) is 2.48. The summed E-state index contributed by atoms with van der Waals surface area (Å²) in [5.41, 5.74) is 0.572. The Morgan fingerprint density at radius 3 is 2.86 bits per heavy atom. The Kier molecular flexibility index (Phi) is 3.13. The monoisotopic (exact) mass is 259 g/mol. The van der Waals surface area contributed by atoms with Crippen LogP contribution in [0.3, 0.4) is 0 Å². The highest BCUT2D eigenvalue weighted by atomic mass is 79.9. The first-order valence-corrected chi connectivity index (χ1v) is 5.46. The van der Waals surface area contributed by atoms with Gasteiger partial charge >= 0.3 is 0 Å². The zero-order valence-corrected chi connectivity index (χ0v) is 9.26. The van der Waals surface area contributed by atoms with Crippen LogP contribution < -0.4 is 0 Å². The van der Waals surface area contributed by atoms with Crippen molar-refractivity contribution in [2.24, 2.45) is 0 Å². The van der Waals surface area contributed by atoms with Crippen LogP contribution in [0.15, 0.2) is 16.7 Å². The second-order valence-corrected chi connectivity index (χ2v) is 4.23. The zero-order valence-electron chi connectivity index (χ0n) is 7.67. The van der Waals surface area contributed by atoms with Gasteiger partial charge in [0, 0.05) is 25.3 Å². The van der Waals surface area contributed by atoms with Crippen molar-refractivity contribution in [3.8, 4) is 0 Å². The molecule has 0 unspecified atom stereocenters. The maximum absolute atomic E-state index is 13.6.